The fraction of sp³-hybridized carbons (Fsp3) is 0.316. The molecule has 3 N–H and O–H groups in total. The maximum atomic E-state index is 11.3. The molecule has 1 unspecified atom stereocenters. The lowest BCUT2D eigenvalue weighted by atomic mass is 10.1. The van der Waals surface area contributed by atoms with Gasteiger partial charge in [-0.25, -0.2) is 4.98 Å². The van der Waals surface area contributed by atoms with Crippen LogP contribution in [0, 0.1) is 0 Å². The number of aromatic amines is 1. The second-order valence-electron chi connectivity index (χ2n) is 6.62. The van der Waals surface area contributed by atoms with Crippen molar-refractivity contribution in [3.63, 3.8) is 0 Å². The van der Waals surface area contributed by atoms with Crippen molar-refractivity contribution in [2.24, 2.45) is 7.05 Å². The summed E-state index contributed by atoms with van der Waals surface area (Å²) < 4.78 is 7.76. The summed E-state index contributed by atoms with van der Waals surface area (Å²) in [5.74, 6) is 0.621. The standard InChI is InChI=1S/C19H22N6O2/c1-25-12-15(9-24-25)14-7-17-19(23-8-14)27-16(11-22-17)10-20-4-2-13-3-5-21-18(26)6-13/h3,5-9,12,16,20,22H,2,4,10-11H2,1H3,(H,21,26). The van der Waals surface area contributed by atoms with Crippen LogP contribution < -0.4 is 20.9 Å². The van der Waals surface area contributed by atoms with Gasteiger partial charge in [0, 0.05) is 49.4 Å². The molecule has 140 valence electrons. The highest BCUT2D eigenvalue weighted by Gasteiger charge is 2.20. The van der Waals surface area contributed by atoms with Crippen molar-refractivity contribution in [2.45, 2.75) is 12.5 Å². The van der Waals surface area contributed by atoms with Gasteiger partial charge in [0.05, 0.1) is 18.4 Å². The van der Waals surface area contributed by atoms with E-state index in [9.17, 15) is 4.79 Å². The minimum Gasteiger partial charge on any atom is -0.470 e. The Morgan fingerprint density at radius 1 is 1.33 bits per heavy atom. The molecule has 0 aromatic carbocycles. The third kappa shape index (κ3) is 4.17. The Morgan fingerprint density at radius 3 is 3.07 bits per heavy atom. The number of nitrogens with zero attached hydrogens (tertiary/aromatic N) is 3. The fourth-order valence-electron chi connectivity index (χ4n) is 3.08. The summed E-state index contributed by atoms with van der Waals surface area (Å²) >= 11 is 0. The third-order valence-electron chi connectivity index (χ3n) is 4.49. The highest BCUT2D eigenvalue weighted by Crippen LogP contribution is 2.30. The Hall–Kier alpha value is -3.13. The summed E-state index contributed by atoms with van der Waals surface area (Å²) in [6.07, 6.45) is 8.07. The summed E-state index contributed by atoms with van der Waals surface area (Å²) in [7, 11) is 1.89. The van der Waals surface area contributed by atoms with Gasteiger partial charge in [0.15, 0.2) is 0 Å². The van der Waals surface area contributed by atoms with E-state index in [0.717, 1.165) is 35.3 Å². The topological polar surface area (TPSA) is 96.9 Å². The Kier molecular flexibility index (Phi) is 4.88. The van der Waals surface area contributed by atoms with Crippen LogP contribution in [-0.4, -0.2) is 45.5 Å². The largest absolute Gasteiger partial charge is 0.470 e. The molecule has 1 atom stereocenters. The zero-order valence-corrected chi connectivity index (χ0v) is 15.1. The maximum Gasteiger partial charge on any atom is 0.248 e. The Bertz CT molecular complexity index is 980. The number of hydrogen-bond donors (Lipinski definition) is 3. The monoisotopic (exact) mass is 366 g/mol. The van der Waals surface area contributed by atoms with E-state index >= 15 is 0 Å². The van der Waals surface area contributed by atoms with E-state index in [2.05, 4.69) is 25.7 Å². The molecule has 3 aromatic rings. The van der Waals surface area contributed by atoms with E-state index in [0.29, 0.717) is 19.0 Å². The van der Waals surface area contributed by atoms with Crippen molar-refractivity contribution in [3.05, 3.63) is 58.9 Å². The highest BCUT2D eigenvalue weighted by molar-refractivity contribution is 5.69. The van der Waals surface area contributed by atoms with E-state index < -0.39 is 0 Å². The normalized spacial score (nSPS) is 15.7. The van der Waals surface area contributed by atoms with Crippen molar-refractivity contribution in [1.29, 1.82) is 0 Å². The first kappa shape index (κ1) is 17.3. The number of aryl methyl sites for hydroxylation is 1. The van der Waals surface area contributed by atoms with E-state index in [4.69, 9.17) is 4.74 Å². The van der Waals surface area contributed by atoms with Gasteiger partial charge in [0.1, 0.15) is 6.10 Å². The molecular formula is C19H22N6O2. The van der Waals surface area contributed by atoms with Gasteiger partial charge >= 0.3 is 0 Å². The smallest absolute Gasteiger partial charge is 0.248 e. The number of pyridine rings is 2. The molecule has 1 aliphatic rings. The molecule has 0 radical (unpaired) electrons. The van der Waals surface area contributed by atoms with E-state index in [1.165, 1.54) is 0 Å². The number of H-pyrrole nitrogens is 1. The molecule has 0 bridgehead atoms. The van der Waals surface area contributed by atoms with E-state index in [1.807, 2.05) is 31.6 Å². The number of hydrogen-bond acceptors (Lipinski definition) is 6. The summed E-state index contributed by atoms with van der Waals surface area (Å²) in [5, 5.41) is 11.0. The molecule has 4 heterocycles. The van der Waals surface area contributed by atoms with Gasteiger partial charge in [-0.05, 0) is 30.7 Å². The van der Waals surface area contributed by atoms with Gasteiger partial charge in [-0.15, -0.1) is 0 Å². The van der Waals surface area contributed by atoms with Crippen LogP contribution in [0.1, 0.15) is 5.56 Å². The summed E-state index contributed by atoms with van der Waals surface area (Å²) in [5.41, 5.74) is 3.88. The lowest BCUT2D eigenvalue weighted by molar-refractivity contribution is 0.194. The molecule has 0 saturated carbocycles. The summed E-state index contributed by atoms with van der Waals surface area (Å²) in [6, 6.07) is 5.58. The van der Waals surface area contributed by atoms with E-state index in [1.54, 1.807) is 23.1 Å². The van der Waals surface area contributed by atoms with Gasteiger partial charge in [-0.3, -0.25) is 9.48 Å². The summed E-state index contributed by atoms with van der Waals surface area (Å²) in [4.78, 5) is 18.4. The Labute approximate surface area is 156 Å². The van der Waals surface area contributed by atoms with Crippen LogP contribution in [-0.2, 0) is 13.5 Å². The molecule has 0 spiro atoms. The predicted octanol–water partition coefficient (Wildman–Crippen LogP) is 1.18. The van der Waals surface area contributed by atoms with Gasteiger partial charge in [-0.2, -0.15) is 5.10 Å². The molecule has 0 amide bonds. The molecule has 1 aliphatic heterocycles. The number of rotatable bonds is 6. The number of ether oxygens (including phenoxy) is 1. The first-order valence-electron chi connectivity index (χ1n) is 8.95. The molecule has 0 aliphatic carbocycles. The molecule has 27 heavy (non-hydrogen) atoms. The first-order chi connectivity index (χ1) is 13.2. The number of nitrogens with one attached hydrogen (secondary N) is 3. The lowest BCUT2D eigenvalue weighted by Gasteiger charge is -2.27. The Balaban J connectivity index is 1.30. The quantitative estimate of drug-likeness (QED) is 0.567. The molecule has 3 aromatic heterocycles. The number of anilines is 1. The third-order valence-corrected chi connectivity index (χ3v) is 4.49. The fourth-order valence-corrected chi connectivity index (χ4v) is 3.08. The molecule has 0 saturated heterocycles. The van der Waals surface area contributed by atoms with Crippen LogP contribution in [0.4, 0.5) is 5.69 Å². The lowest BCUT2D eigenvalue weighted by Crippen LogP contribution is -2.40. The van der Waals surface area contributed by atoms with Crippen molar-refractivity contribution < 1.29 is 4.74 Å². The molecule has 0 fully saturated rings. The minimum absolute atomic E-state index is 0.00779. The first-order valence-corrected chi connectivity index (χ1v) is 8.95. The zero-order valence-electron chi connectivity index (χ0n) is 15.1. The van der Waals surface area contributed by atoms with Crippen molar-refractivity contribution in [1.82, 2.24) is 25.1 Å². The molecule has 4 rings (SSSR count). The molecular weight excluding hydrogens is 344 g/mol. The average molecular weight is 366 g/mol. The van der Waals surface area contributed by atoms with Gasteiger partial charge in [0.2, 0.25) is 11.4 Å². The van der Waals surface area contributed by atoms with Gasteiger partial charge in [0.25, 0.3) is 0 Å². The van der Waals surface area contributed by atoms with Crippen LogP contribution in [0.15, 0.2) is 47.8 Å². The Morgan fingerprint density at radius 2 is 2.26 bits per heavy atom. The van der Waals surface area contributed by atoms with Crippen LogP contribution >= 0.6 is 0 Å². The van der Waals surface area contributed by atoms with Gasteiger partial charge < -0.3 is 20.4 Å². The van der Waals surface area contributed by atoms with Crippen LogP contribution in [0.5, 0.6) is 5.88 Å². The van der Waals surface area contributed by atoms with Crippen LogP contribution in [0.3, 0.4) is 0 Å². The van der Waals surface area contributed by atoms with Crippen molar-refractivity contribution >= 4 is 5.69 Å². The molecule has 8 nitrogen and oxygen atoms in total. The van der Waals surface area contributed by atoms with Gasteiger partial charge in [-0.1, -0.05) is 0 Å². The SMILES string of the molecule is Cn1cc(-c2cnc3c(c2)NCC(CNCCc2cc[nH]c(=O)c2)O3)cn1. The number of fused-ring (bicyclic) bond motifs is 1. The second-order valence-corrected chi connectivity index (χ2v) is 6.62. The highest BCUT2D eigenvalue weighted by atomic mass is 16.5. The van der Waals surface area contributed by atoms with Crippen molar-refractivity contribution in [2.75, 3.05) is 25.0 Å². The van der Waals surface area contributed by atoms with Crippen LogP contribution in [0.2, 0.25) is 0 Å². The predicted molar refractivity (Wildman–Crippen MR) is 103 cm³/mol. The van der Waals surface area contributed by atoms with Crippen LogP contribution in [0.25, 0.3) is 11.1 Å². The average Bonchev–Trinajstić information content (AvgIpc) is 3.11. The number of aromatic nitrogens is 4. The maximum absolute atomic E-state index is 11.3. The molecule has 8 heteroatoms. The minimum atomic E-state index is -0.0688. The summed E-state index contributed by atoms with van der Waals surface area (Å²) in [6.45, 7) is 2.20. The zero-order chi connectivity index (χ0) is 18.6. The second kappa shape index (κ2) is 7.63. The van der Waals surface area contributed by atoms with E-state index in [-0.39, 0.29) is 11.7 Å². The van der Waals surface area contributed by atoms with Crippen molar-refractivity contribution in [3.8, 4) is 17.0 Å².